The summed E-state index contributed by atoms with van der Waals surface area (Å²) in [4.78, 5) is 25.7. The zero-order chi connectivity index (χ0) is 20.6. The van der Waals surface area contributed by atoms with Crippen molar-refractivity contribution in [2.24, 2.45) is 0 Å². The molecule has 1 aliphatic heterocycles. The van der Waals surface area contributed by atoms with Gasteiger partial charge in [-0.1, -0.05) is 42.5 Å². The topological polar surface area (TPSA) is 85.2 Å². The number of nitrogens with one attached hydrogen (secondary N) is 2. The van der Waals surface area contributed by atoms with E-state index in [4.69, 9.17) is 4.74 Å². The van der Waals surface area contributed by atoms with Crippen molar-refractivity contribution in [1.82, 2.24) is 9.78 Å². The Bertz CT molecular complexity index is 1090. The number of ether oxygens (including phenoxy) is 1. The molecule has 7 heteroatoms. The Hall–Kier alpha value is -3.61. The molecule has 1 aromatic heterocycles. The number of amides is 2. The number of carbonyl (C=O) groups is 2. The summed E-state index contributed by atoms with van der Waals surface area (Å²) in [7, 11) is 0. The maximum atomic E-state index is 13.0. The van der Waals surface area contributed by atoms with Crippen LogP contribution in [0.25, 0.3) is 0 Å². The van der Waals surface area contributed by atoms with Crippen molar-refractivity contribution in [3.63, 3.8) is 0 Å². The third-order valence-electron chi connectivity index (χ3n) is 5.11. The second-order valence-corrected chi connectivity index (χ2v) is 7.23. The van der Waals surface area contributed by atoms with E-state index in [-0.39, 0.29) is 0 Å². The second kappa shape index (κ2) is 7.09. The van der Waals surface area contributed by atoms with Gasteiger partial charge in [0.25, 0.3) is 17.4 Å². The lowest BCUT2D eigenvalue weighted by atomic mass is 10.0. The zero-order valence-electron chi connectivity index (χ0n) is 16.5. The summed E-state index contributed by atoms with van der Waals surface area (Å²) in [6.07, 6.45) is 0. The molecule has 1 aliphatic rings. The van der Waals surface area contributed by atoms with Crippen LogP contribution in [0.5, 0.6) is 5.75 Å². The highest BCUT2D eigenvalue weighted by molar-refractivity contribution is 6.19. The van der Waals surface area contributed by atoms with E-state index in [1.54, 1.807) is 24.3 Å². The minimum absolute atomic E-state index is 0.456. The van der Waals surface area contributed by atoms with E-state index in [1.165, 1.54) is 6.92 Å². The van der Waals surface area contributed by atoms with E-state index in [2.05, 4.69) is 15.7 Å². The van der Waals surface area contributed by atoms with Gasteiger partial charge < -0.3 is 15.4 Å². The van der Waals surface area contributed by atoms with Gasteiger partial charge in [-0.3, -0.25) is 14.3 Å². The van der Waals surface area contributed by atoms with Crippen LogP contribution in [0, 0.1) is 13.8 Å². The van der Waals surface area contributed by atoms with Gasteiger partial charge in [0.05, 0.1) is 29.3 Å². The van der Waals surface area contributed by atoms with Crippen LogP contribution in [0.4, 0.5) is 11.4 Å². The molecule has 3 aromatic rings. The first-order valence-corrected chi connectivity index (χ1v) is 9.37. The molecule has 2 heterocycles. The average Bonchev–Trinajstić information content (AvgIpc) is 2.97. The molecule has 29 heavy (non-hydrogen) atoms. The Morgan fingerprint density at radius 1 is 1.14 bits per heavy atom. The molecule has 0 unspecified atom stereocenters. The van der Waals surface area contributed by atoms with Crippen molar-refractivity contribution >= 4 is 23.2 Å². The molecule has 7 nitrogen and oxygen atoms in total. The number of rotatable bonds is 4. The third kappa shape index (κ3) is 3.35. The number of fused-ring (bicyclic) bond motifs is 1. The molecule has 2 amide bonds. The van der Waals surface area contributed by atoms with Crippen LogP contribution in [0.3, 0.4) is 0 Å². The SMILES string of the molecule is Cc1nn(Cc2ccccc2)c(C)c1NC(=O)[C@@]1(C)Oc2ccccc2NC1=O. The first-order chi connectivity index (χ1) is 13.9. The van der Waals surface area contributed by atoms with Crippen molar-refractivity contribution in [2.45, 2.75) is 32.9 Å². The van der Waals surface area contributed by atoms with E-state index in [9.17, 15) is 9.59 Å². The number of aryl methyl sites for hydroxylation is 1. The lowest BCUT2D eigenvalue weighted by Gasteiger charge is -2.33. The normalized spacial score (nSPS) is 17.8. The molecule has 148 valence electrons. The fraction of sp³-hybridized carbons (Fsp3) is 0.227. The van der Waals surface area contributed by atoms with Crippen LogP contribution < -0.4 is 15.4 Å². The maximum absolute atomic E-state index is 13.0. The molecule has 0 radical (unpaired) electrons. The molecule has 1 atom stereocenters. The Morgan fingerprint density at radius 3 is 2.59 bits per heavy atom. The summed E-state index contributed by atoms with van der Waals surface area (Å²) in [5, 5.41) is 10.1. The highest BCUT2D eigenvalue weighted by Crippen LogP contribution is 2.34. The van der Waals surface area contributed by atoms with Gasteiger partial charge in [0.2, 0.25) is 0 Å². The number of benzene rings is 2. The van der Waals surface area contributed by atoms with Gasteiger partial charge in [-0.25, -0.2) is 0 Å². The highest BCUT2D eigenvalue weighted by atomic mass is 16.5. The Balaban J connectivity index is 1.58. The van der Waals surface area contributed by atoms with Gasteiger partial charge in [-0.15, -0.1) is 0 Å². The quantitative estimate of drug-likeness (QED) is 0.670. The summed E-state index contributed by atoms with van der Waals surface area (Å²) in [6, 6.07) is 17.0. The third-order valence-corrected chi connectivity index (χ3v) is 5.11. The van der Waals surface area contributed by atoms with Crippen molar-refractivity contribution in [2.75, 3.05) is 10.6 Å². The van der Waals surface area contributed by atoms with E-state index in [1.807, 2.05) is 48.9 Å². The van der Waals surface area contributed by atoms with Gasteiger partial charge in [-0.05, 0) is 38.5 Å². The van der Waals surface area contributed by atoms with Crippen LogP contribution in [0.1, 0.15) is 23.9 Å². The lowest BCUT2D eigenvalue weighted by molar-refractivity contribution is -0.143. The summed E-state index contributed by atoms with van der Waals surface area (Å²) in [5.41, 5.74) is 2.03. The molecular weight excluding hydrogens is 368 g/mol. The predicted octanol–water partition coefficient (Wildman–Crippen LogP) is 3.28. The molecule has 0 saturated carbocycles. The molecular formula is C22H22N4O3. The van der Waals surface area contributed by atoms with E-state index < -0.39 is 17.4 Å². The van der Waals surface area contributed by atoms with Crippen molar-refractivity contribution in [1.29, 1.82) is 0 Å². The van der Waals surface area contributed by atoms with Crippen LogP contribution in [0.15, 0.2) is 54.6 Å². The van der Waals surface area contributed by atoms with Crippen molar-refractivity contribution in [3.05, 3.63) is 71.5 Å². The van der Waals surface area contributed by atoms with Crippen LogP contribution in [-0.2, 0) is 16.1 Å². The smallest absolute Gasteiger partial charge is 0.278 e. The number of carbonyl (C=O) groups excluding carboxylic acids is 2. The van der Waals surface area contributed by atoms with E-state index >= 15 is 0 Å². The van der Waals surface area contributed by atoms with Gasteiger partial charge in [-0.2, -0.15) is 5.10 Å². The molecule has 0 bridgehead atoms. The minimum Gasteiger partial charge on any atom is -0.466 e. The largest absolute Gasteiger partial charge is 0.466 e. The zero-order valence-corrected chi connectivity index (χ0v) is 16.5. The maximum Gasteiger partial charge on any atom is 0.278 e. The van der Waals surface area contributed by atoms with Crippen LogP contribution in [-0.4, -0.2) is 27.2 Å². The number of hydrogen-bond acceptors (Lipinski definition) is 4. The van der Waals surface area contributed by atoms with Gasteiger partial charge >= 0.3 is 0 Å². The first-order valence-electron chi connectivity index (χ1n) is 9.37. The van der Waals surface area contributed by atoms with Crippen molar-refractivity contribution in [3.8, 4) is 5.75 Å². The van der Waals surface area contributed by atoms with E-state index in [0.717, 1.165) is 11.3 Å². The summed E-state index contributed by atoms with van der Waals surface area (Å²) < 4.78 is 7.63. The fourth-order valence-electron chi connectivity index (χ4n) is 3.34. The number of anilines is 2. The van der Waals surface area contributed by atoms with Crippen molar-refractivity contribution < 1.29 is 14.3 Å². The number of para-hydroxylation sites is 2. The Kier molecular flexibility index (Phi) is 4.58. The highest BCUT2D eigenvalue weighted by Gasteiger charge is 2.47. The predicted molar refractivity (Wildman–Crippen MR) is 110 cm³/mol. The molecule has 0 aliphatic carbocycles. The van der Waals surface area contributed by atoms with Gasteiger partial charge in [0, 0.05) is 0 Å². The molecule has 0 saturated heterocycles. The van der Waals surface area contributed by atoms with Crippen LogP contribution in [0.2, 0.25) is 0 Å². The summed E-state index contributed by atoms with van der Waals surface area (Å²) in [6.45, 7) is 5.76. The molecule has 0 spiro atoms. The molecule has 4 rings (SSSR count). The minimum atomic E-state index is -1.69. The van der Waals surface area contributed by atoms with Crippen LogP contribution >= 0.6 is 0 Å². The summed E-state index contributed by atoms with van der Waals surface area (Å²) in [5.74, 6) is -0.603. The summed E-state index contributed by atoms with van der Waals surface area (Å²) >= 11 is 0. The fourth-order valence-corrected chi connectivity index (χ4v) is 3.34. The number of nitrogens with zero attached hydrogens (tertiary/aromatic N) is 2. The molecule has 0 fully saturated rings. The van der Waals surface area contributed by atoms with Gasteiger partial charge in [0.1, 0.15) is 5.75 Å². The monoisotopic (exact) mass is 390 g/mol. The average molecular weight is 390 g/mol. The molecule has 2 aromatic carbocycles. The number of aromatic nitrogens is 2. The number of hydrogen-bond donors (Lipinski definition) is 2. The molecule has 2 N–H and O–H groups in total. The van der Waals surface area contributed by atoms with E-state index in [0.29, 0.717) is 29.4 Å². The Morgan fingerprint density at radius 2 is 1.83 bits per heavy atom. The van der Waals surface area contributed by atoms with Gasteiger partial charge in [0.15, 0.2) is 0 Å². The first kappa shape index (κ1) is 18.7. The lowest BCUT2D eigenvalue weighted by Crippen LogP contribution is -2.56. The standard InChI is InChI=1S/C22H22N4O3/c1-14-19(15(2)26(25-14)13-16-9-5-4-6-10-16)24-21(28)22(3)20(27)23-17-11-7-8-12-18(17)29-22/h4-12H,13H2,1-3H3,(H,23,27)(H,24,28)/t22-/m0/s1. The second-order valence-electron chi connectivity index (χ2n) is 7.23. The Labute approximate surface area is 168 Å².